The molecule has 2 heterocycles. The van der Waals surface area contributed by atoms with E-state index in [0.717, 1.165) is 24.1 Å². The maximum atomic E-state index is 13.1. The summed E-state index contributed by atoms with van der Waals surface area (Å²) >= 11 is 6.02. The third-order valence-electron chi connectivity index (χ3n) is 4.98. The minimum Gasteiger partial charge on any atom is -0.348 e. The number of hydrogen-bond donors (Lipinski definition) is 1. The topological polar surface area (TPSA) is 72.7 Å². The van der Waals surface area contributed by atoms with Crippen LogP contribution in [0.3, 0.4) is 0 Å². The number of amides is 1. The van der Waals surface area contributed by atoms with E-state index in [2.05, 4.69) is 32.7 Å². The number of carbonyl (C=O) groups excluding carboxylic acids is 1. The molecular weight excluding hydrogens is 410 g/mol. The predicted molar refractivity (Wildman–Crippen MR) is 121 cm³/mol. The number of aryl methyl sites for hydroxylation is 1. The molecular formula is C24H22ClN5O. The van der Waals surface area contributed by atoms with Gasteiger partial charge in [-0.2, -0.15) is 0 Å². The van der Waals surface area contributed by atoms with Crippen molar-refractivity contribution in [3.05, 3.63) is 95.4 Å². The molecule has 1 unspecified atom stereocenters. The van der Waals surface area contributed by atoms with E-state index in [-0.39, 0.29) is 17.6 Å². The summed E-state index contributed by atoms with van der Waals surface area (Å²) in [6.45, 7) is 1.99. The van der Waals surface area contributed by atoms with Gasteiger partial charge in [0, 0.05) is 29.0 Å². The second kappa shape index (κ2) is 9.53. The molecule has 0 fully saturated rings. The first-order chi connectivity index (χ1) is 15.1. The molecule has 0 saturated heterocycles. The van der Waals surface area contributed by atoms with Crippen LogP contribution in [0.1, 0.15) is 29.4 Å². The Hall–Kier alpha value is -3.51. The summed E-state index contributed by atoms with van der Waals surface area (Å²) < 4.78 is 1.64. The van der Waals surface area contributed by atoms with Crippen LogP contribution in [-0.4, -0.2) is 31.9 Å². The Labute approximate surface area is 185 Å². The Bertz CT molecular complexity index is 1140. The van der Waals surface area contributed by atoms with Crippen molar-refractivity contribution >= 4 is 17.5 Å². The number of carbonyl (C=O) groups is 1. The van der Waals surface area contributed by atoms with Gasteiger partial charge >= 0.3 is 0 Å². The SMILES string of the molecule is CC(CCc1ccccc1)NC(=O)c1nnn(-c2ccc(Cl)cc2)c1-c1cccnc1. The molecule has 4 rings (SSSR count). The lowest BCUT2D eigenvalue weighted by molar-refractivity contribution is 0.0934. The molecule has 0 aliphatic heterocycles. The van der Waals surface area contributed by atoms with Crippen molar-refractivity contribution in [1.82, 2.24) is 25.3 Å². The molecule has 0 aliphatic carbocycles. The van der Waals surface area contributed by atoms with Crippen molar-refractivity contribution in [3.63, 3.8) is 0 Å². The Morgan fingerprint density at radius 1 is 1.06 bits per heavy atom. The maximum absolute atomic E-state index is 13.1. The Morgan fingerprint density at radius 3 is 2.55 bits per heavy atom. The van der Waals surface area contributed by atoms with E-state index < -0.39 is 0 Å². The highest BCUT2D eigenvalue weighted by Crippen LogP contribution is 2.25. The minimum absolute atomic E-state index is 0.0184. The summed E-state index contributed by atoms with van der Waals surface area (Å²) in [6, 6.07) is 21.1. The fourth-order valence-corrected chi connectivity index (χ4v) is 3.48. The Kier molecular flexibility index (Phi) is 6.38. The number of aromatic nitrogens is 4. The highest BCUT2D eigenvalue weighted by atomic mass is 35.5. The van der Waals surface area contributed by atoms with Crippen molar-refractivity contribution in [2.75, 3.05) is 0 Å². The predicted octanol–water partition coefficient (Wildman–Crippen LogP) is 4.73. The van der Waals surface area contributed by atoms with Crippen molar-refractivity contribution in [2.45, 2.75) is 25.8 Å². The summed E-state index contributed by atoms with van der Waals surface area (Å²) in [6.07, 6.45) is 5.09. The number of pyridine rings is 1. The van der Waals surface area contributed by atoms with Crippen LogP contribution in [0.5, 0.6) is 0 Å². The van der Waals surface area contributed by atoms with Gasteiger partial charge in [0.25, 0.3) is 5.91 Å². The number of benzene rings is 2. The van der Waals surface area contributed by atoms with Crippen LogP contribution in [0.15, 0.2) is 79.1 Å². The molecule has 0 saturated carbocycles. The summed E-state index contributed by atoms with van der Waals surface area (Å²) in [5.74, 6) is -0.264. The van der Waals surface area contributed by atoms with Crippen LogP contribution >= 0.6 is 11.6 Å². The van der Waals surface area contributed by atoms with Gasteiger partial charge in [0.2, 0.25) is 0 Å². The second-order valence-corrected chi connectivity index (χ2v) is 7.75. The van der Waals surface area contributed by atoms with E-state index in [1.54, 1.807) is 29.2 Å². The molecule has 2 aromatic heterocycles. The van der Waals surface area contributed by atoms with Gasteiger partial charge in [-0.15, -0.1) is 5.10 Å². The normalized spacial score (nSPS) is 11.8. The van der Waals surface area contributed by atoms with Gasteiger partial charge in [-0.05, 0) is 61.7 Å². The lowest BCUT2D eigenvalue weighted by Gasteiger charge is -2.14. The molecule has 31 heavy (non-hydrogen) atoms. The van der Waals surface area contributed by atoms with Crippen LogP contribution in [0.4, 0.5) is 0 Å². The first kappa shape index (κ1) is 20.8. The lowest BCUT2D eigenvalue weighted by Crippen LogP contribution is -2.33. The van der Waals surface area contributed by atoms with Gasteiger partial charge in [0.1, 0.15) is 5.69 Å². The molecule has 1 amide bonds. The quantitative estimate of drug-likeness (QED) is 0.459. The minimum atomic E-state index is -0.264. The Balaban J connectivity index is 1.58. The summed E-state index contributed by atoms with van der Waals surface area (Å²) in [5.41, 5.74) is 3.60. The van der Waals surface area contributed by atoms with Gasteiger partial charge < -0.3 is 5.32 Å². The zero-order valence-corrected chi connectivity index (χ0v) is 17.8. The molecule has 156 valence electrons. The molecule has 0 spiro atoms. The van der Waals surface area contributed by atoms with E-state index in [9.17, 15) is 4.79 Å². The molecule has 4 aromatic rings. The number of hydrogen-bond acceptors (Lipinski definition) is 4. The highest BCUT2D eigenvalue weighted by Gasteiger charge is 2.23. The summed E-state index contributed by atoms with van der Waals surface area (Å²) in [5, 5.41) is 12.1. The third-order valence-corrected chi connectivity index (χ3v) is 5.23. The molecule has 0 radical (unpaired) electrons. The van der Waals surface area contributed by atoms with E-state index in [1.807, 2.05) is 49.4 Å². The van der Waals surface area contributed by atoms with Gasteiger partial charge in [0.05, 0.1) is 5.69 Å². The second-order valence-electron chi connectivity index (χ2n) is 7.32. The van der Waals surface area contributed by atoms with Gasteiger partial charge in [0.15, 0.2) is 5.69 Å². The molecule has 6 nitrogen and oxygen atoms in total. The molecule has 1 atom stereocenters. The van der Waals surface area contributed by atoms with Crippen LogP contribution in [0.2, 0.25) is 5.02 Å². The largest absolute Gasteiger partial charge is 0.348 e. The van der Waals surface area contributed by atoms with E-state index in [0.29, 0.717) is 10.7 Å². The van der Waals surface area contributed by atoms with E-state index >= 15 is 0 Å². The van der Waals surface area contributed by atoms with Crippen LogP contribution in [0, 0.1) is 0 Å². The third kappa shape index (κ3) is 4.98. The standard InChI is InChI=1S/C24H22ClN5O/c1-17(9-10-18-6-3-2-4-7-18)27-24(31)22-23(19-8-5-15-26-16-19)30(29-28-22)21-13-11-20(25)12-14-21/h2-8,11-17H,9-10H2,1H3,(H,27,31). The van der Waals surface area contributed by atoms with Gasteiger partial charge in [-0.3, -0.25) is 9.78 Å². The monoisotopic (exact) mass is 431 g/mol. The number of rotatable bonds is 7. The average molecular weight is 432 g/mol. The van der Waals surface area contributed by atoms with Crippen molar-refractivity contribution < 1.29 is 4.79 Å². The number of nitrogens with zero attached hydrogens (tertiary/aromatic N) is 4. The van der Waals surface area contributed by atoms with Gasteiger partial charge in [-0.1, -0.05) is 47.1 Å². The molecule has 2 aromatic carbocycles. The van der Waals surface area contributed by atoms with Crippen molar-refractivity contribution in [1.29, 1.82) is 0 Å². The zero-order chi connectivity index (χ0) is 21.6. The zero-order valence-electron chi connectivity index (χ0n) is 17.1. The first-order valence-electron chi connectivity index (χ1n) is 10.1. The van der Waals surface area contributed by atoms with Crippen LogP contribution in [-0.2, 0) is 6.42 Å². The van der Waals surface area contributed by atoms with Gasteiger partial charge in [-0.25, -0.2) is 4.68 Å². The molecule has 0 aliphatic rings. The highest BCUT2D eigenvalue weighted by molar-refractivity contribution is 6.30. The fraction of sp³-hybridized carbons (Fsp3) is 0.167. The summed E-state index contributed by atoms with van der Waals surface area (Å²) in [7, 11) is 0. The lowest BCUT2D eigenvalue weighted by atomic mass is 10.1. The van der Waals surface area contributed by atoms with Crippen molar-refractivity contribution in [2.24, 2.45) is 0 Å². The molecule has 0 bridgehead atoms. The van der Waals surface area contributed by atoms with Crippen LogP contribution in [0.25, 0.3) is 16.9 Å². The fourth-order valence-electron chi connectivity index (χ4n) is 3.35. The maximum Gasteiger partial charge on any atom is 0.274 e. The van der Waals surface area contributed by atoms with Crippen molar-refractivity contribution in [3.8, 4) is 16.9 Å². The van der Waals surface area contributed by atoms with E-state index in [1.165, 1.54) is 5.56 Å². The number of halogens is 1. The Morgan fingerprint density at radius 2 is 1.84 bits per heavy atom. The smallest absolute Gasteiger partial charge is 0.274 e. The number of nitrogens with one attached hydrogen (secondary N) is 1. The molecule has 7 heteroatoms. The van der Waals surface area contributed by atoms with Crippen LogP contribution < -0.4 is 5.32 Å². The summed E-state index contributed by atoms with van der Waals surface area (Å²) in [4.78, 5) is 17.3. The first-order valence-corrected chi connectivity index (χ1v) is 10.5. The van der Waals surface area contributed by atoms with E-state index in [4.69, 9.17) is 11.6 Å². The molecule has 1 N–H and O–H groups in total. The average Bonchev–Trinajstić information content (AvgIpc) is 3.25.